The van der Waals surface area contributed by atoms with Crippen LogP contribution in [-0.4, -0.2) is 46.4 Å². The number of benzene rings is 1. The van der Waals surface area contributed by atoms with Crippen LogP contribution in [0.1, 0.15) is 29.0 Å². The third kappa shape index (κ3) is 5.36. The molecule has 1 unspecified atom stereocenters. The SMILES string of the molecule is CC(Oc1cc(-c2cnc3ccccn23)sc1CC(N)=O)c1ccc(CN2CCNCC2)cc1Cl. The fourth-order valence-corrected chi connectivity index (χ4v) is 5.88. The number of hydrogen-bond acceptors (Lipinski definition) is 6. The van der Waals surface area contributed by atoms with E-state index in [0.29, 0.717) is 10.8 Å². The van der Waals surface area contributed by atoms with Gasteiger partial charge in [-0.15, -0.1) is 11.3 Å². The Morgan fingerprint density at radius 3 is 2.86 bits per heavy atom. The maximum Gasteiger partial charge on any atom is 0.222 e. The number of carbonyl (C=O) groups excluding carboxylic acids is 1. The van der Waals surface area contributed by atoms with E-state index in [1.807, 2.05) is 60.1 Å². The van der Waals surface area contributed by atoms with Crippen LogP contribution < -0.4 is 15.8 Å². The summed E-state index contributed by atoms with van der Waals surface area (Å²) in [6.45, 7) is 6.96. The van der Waals surface area contributed by atoms with Crippen molar-refractivity contribution in [1.29, 1.82) is 0 Å². The number of pyridine rings is 1. The molecule has 0 aliphatic carbocycles. The van der Waals surface area contributed by atoms with E-state index in [0.717, 1.165) is 59.4 Å². The van der Waals surface area contributed by atoms with Gasteiger partial charge in [-0.1, -0.05) is 29.8 Å². The standard InChI is InChI=1S/C26H28ClN5O2S/c1-17(19-6-5-18(12-20(19)27)16-31-10-7-29-8-11-31)34-22-13-23(35-24(22)14-25(28)33)21-15-30-26-4-2-3-9-32(21)26/h2-6,9,12-13,15,17,29H,7-8,10-11,14,16H2,1H3,(H2,28,33). The van der Waals surface area contributed by atoms with Crippen LogP contribution in [0, 0.1) is 0 Å². The summed E-state index contributed by atoms with van der Waals surface area (Å²) in [7, 11) is 0. The van der Waals surface area contributed by atoms with E-state index in [1.54, 1.807) is 0 Å². The molecule has 0 radical (unpaired) electrons. The maximum atomic E-state index is 11.8. The van der Waals surface area contributed by atoms with Gasteiger partial charge in [0.2, 0.25) is 5.91 Å². The lowest BCUT2D eigenvalue weighted by molar-refractivity contribution is -0.117. The normalized spacial score (nSPS) is 15.4. The number of aromatic nitrogens is 2. The van der Waals surface area contributed by atoms with Gasteiger partial charge < -0.3 is 15.8 Å². The summed E-state index contributed by atoms with van der Waals surface area (Å²) in [5.41, 5.74) is 9.43. The molecule has 1 amide bonds. The van der Waals surface area contributed by atoms with E-state index in [2.05, 4.69) is 21.3 Å². The summed E-state index contributed by atoms with van der Waals surface area (Å²) in [5.74, 6) is 0.243. The molecule has 1 aliphatic rings. The van der Waals surface area contributed by atoms with Crippen LogP contribution in [-0.2, 0) is 17.8 Å². The maximum absolute atomic E-state index is 11.8. The molecule has 9 heteroatoms. The average Bonchev–Trinajstić information content (AvgIpc) is 3.43. The number of nitrogens with zero attached hydrogens (tertiary/aromatic N) is 3. The second-order valence-corrected chi connectivity index (χ2v) is 10.3. The summed E-state index contributed by atoms with van der Waals surface area (Å²) in [6, 6.07) is 14.0. The van der Waals surface area contributed by atoms with Crippen molar-refractivity contribution in [3.05, 3.63) is 75.9 Å². The number of nitrogens with two attached hydrogens (primary N) is 1. The van der Waals surface area contributed by atoms with Crippen molar-refractivity contribution in [1.82, 2.24) is 19.6 Å². The molecule has 35 heavy (non-hydrogen) atoms. The Balaban J connectivity index is 1.38. The molecular weight excluding hydrogens is 482 g/mol. The monoisotopic (exact) mass is 509 g/mol. The number of rotatable bonds is 8. The van der Waals surface area contributed by atoms with Gasteiger partial charge in [0.1, 0.15) is 17.5 Å². The molecule has 1 aliphatic heterocycles. The minimum Gasteiger partial charge on any atom is -0.485 e. The zero-order chi connectivity index (χ0) is 24.4. The number of hydrogen-bond donors (Lipinski definition) is 2. The topological polar surface area (TPSA) is 84.9 Å². The lowest BCUT2D eigenvalue weighted by atomic mass is 10.1. The van der Waals surface area contributed by atoms with E-state index in [-0.39, 0.29) is 12.5 Å². The van der Waals surface area contributed by atoms with Gasteiger partial charge >= 0.3 is 0 Å². The minimum absolute atomic E-state index is 0.112. The lowest BCUT2D eigenvalue weighted by Gasteiger charge is -2.27. The first kappa shape index (κ1) is 23.8. The Morgan fingerprint density at radius 1 is 1.26 bits per heavy atom. The molecule has 1 fully saturated rings. The Morgan fingerprint density at radius 2 is 2.09 bits per heavy atom. The van der Waals surface area contributed by atoms with Gasteiger partial charge in [-0.05, 0) is 30.7 Å². The number of halogens is 1. The van der Waals surface area contributed by atoms with Crippen LogP contribution in [0.4, 0.5) is 0 Å². The summed E-state index contributed by atoms with van der Waals surface area (Å²) in [4.78, 5) is 20.4. The minimum atomic E-state index is -0.399. The molecule has 0 spiro atoms. The van der Waals surface area contributed by atoms with Crippen molar-refractivity contribution in [2.24, 2.45) is 5.73 Å². The Bertz CT molecular complexity index is 1340. The van der Waals surface area contributed by atoms with Crippen LogP contribution in [0.5, 0.6) is 5.75 Å². The van der Waals surface area contributed by atoms with Crippen LogP contribution in [0.25, 0.3) is 16.2 Å². The Hall–Kier alpha value is -2.91. The second kappa shape index (κ2) is 10.4. The van der Waals surface area contributed by atoms with Gasteiger partial charge in [0.25, 0.3) is 0 Å². The van der Waals surface area contributed by atoms with Crippen molar-refractivity contribution in [3.63, 3.8) is 0 Å². The third-order valence-electron chi connectivity index (χ3n) is 6.20. The van der Waals surface area contributed by atoms with Crippen LogP contribution in [0.15, 0.2) is 54.9 Å². The Labute approximate surface area is 213 Å². The summed E-state index contributed by atoms with van der Waals surface area (Å²) in [5, 5.41) is 4.06. The second-order valence-electron chi connectivity index (χ2n) is 8.76. The highest BCUT2D eigenvalue weighted by molar-refractivity contribution is 7.15. The summed E-state index contributed by atoms with van der Waals surface area (Å²) in [6.07, 6.45) is 3.61. The van der Waals surface area contributed by atoms with Gasteiger partial charge in [-0.3, -0.25) is 14.1 Å². The molecule has 5 rings (SSSR count). The largest absolute Gasteiger partial charge is 0.485 e. The van der Waals surface area contributed by atoms with Gasteiger partial charge in [0.05, 0.1) is 28.1 Å². The van der Waals surface area contributed by atoms with Crippen LogP contribution >= 0.6 is 22.9 Å². The number of ether oxygens (including phenoxy) is 1. The van der Waals surface area contributed by atoms with Gasteiger partial charge in [-0.2, -0.15) is 0 Å². The van der Waals surface area contributed by atoms with E-state index in [1.165, 1.54) is 16.9 Å². The van der Waals surface area contributed by atoms with Gasteiger partial charge in [0.15, 0.2) is 0 Å². The molecule has 0 saturated carbocycles. The van der Waals surface area contributed by atoms with E-state index >= 15 is 0 Å². The zero-order valence-corrected chi connectivity index (χ0v) is 21.1. The van der Waals surface area contributed by atoms with E-state index in [9.17, 15) is 4.79 Å². The molecule has 1 aromatic carbocycles. The molecule has 1 atom stereocenters. The number of imidazole rings is 1. The van der Waals surface area contributed by atoms with Crippen LogP contribution in [0.2, 0.25) is 5.02 Å². The molecule has 182 valence electrons. The third-order valence-corrected chi connectivity index (χ3v) is 7.66. The van der Waals surface area contributed by atoms with Crippen molar-refractivity contribution < 1.29 is 9.53 Å². The van der Waals surface area contributed by atoms with Crippen LogP contribution in [0.3, 0.4) is 0 Å². The fourth-order valence-electron chi connectivity index (χ4n) is 4.41. The van der Waals surface area contributed by atoms with Crippen molar-refractivity contribution in [3.8, 4) is 16.3 Å². The quantitative estimate of drug-likeness (QED) is 0.370. The number of nitrogens with one attached hydrogen (secondary N) is 1. The fraction of sp³-hybridized carbons (Fsp3) is 0.308. The van der Waals surface area contributed by atoms with E-state index < -0.39 is 5.91 Å². The molecule has 4 heterocycles. The summed E-state index contributed by atoms with van der Waals surface area (Å²) >= 11 is 8.18. The first-order valence-corrected chi connectivity index (χ1v) is 12.9. The van der Waals surface area contributed by atoms with Crippen molar-refractivity contribution >= 4 is 34.5 Å². The molecule has 3 N–H and O–H groups in total. The number of amides is 1. The number of piperazine rings is 1. The van der Waals surface area contributed by atoms with Gasteiger partial charge in [0, 0.05) is 55.6 Å². The number of fused-ring (bicyclic) bond motifs is 1. The van der Waals surface area contributed by atoms with Crippen molar-refractivity contribution in [2.45, 2.75) is 26.0 Å². The van der Waals surface area contributed by atoms with Gasteiger partial charge in [-0.25, -0.2) is 4.98 Å². The predicted molar refractivity (Wildman–Crippen MR) is 140 cm³/mol. The first-order chi connectivity index (χ1) is 17.0. The lowest BCUT2D eigenvalue weighted by Crippen LogP contribution is -2.42. The molecular formula is C26H28ClN5O2S. The smallest absolute Gasteiger partial charge is 0.222 e. The molecule has 7 nitrogen and oxygen atoms in total. The predicted octanol–water partition coefficient (Wildman–Crippen LogP) is 4.29. The number of carbonyl (C=O) groups is 1. The molecule has 0 bridgehead atoms. The highest BCUT2D eigenvalue weighted by Gasteiger charge is 2.20. The Kier molecular flexibility index (Phi) is 7.06. The molecule has 1 saturated heterocycles. The molecule has 3 aromatic heterocycles. The zero-order valence-electron chi connectivity index (χ0n) is 19.5. The highest BCUT2D eigenvalue weighted by Crippen LogP contribution is 2.39. The van der Waals surface area contributed by atoms with Crippen molar-refractivity contribution in [2.75, 3.05) is 26.2 Å². The summed E-state index contributed by atoms with van der Waals surface area (Å²) < 4.78 is 8.38. The van der Waals surface area contributed by atoms with E-state index in [4.69, 9.17) is 22.1 Å². The number of primary amides is 1. The average molecular weight is 510 g/mol. The first-order valence-electron chi connectivity index (χ1n) is 11.7. The molecule has 4 aromatic rings. The highest BCUT2D eigenvalue weighted by atomic mass is 35.5. The number of thiophene rings is 1.